The average Bonchev–Trinajstić information content (AvgIpc) is 2.56. The summed E-state index contributed by atoms with van der Waals surface area (Å²) >= 11 is 0. The number of aliphatic hydroxyl groups is 2. The minimum absolute atomic E-state index is 0.110. The van der Waals surface area contributed by atoms with Crippen LogP contribution in [0.4, 0.5) is 0 Å². The van der Waals surface area contributed by atoms with Crippen LogP contribution < -0.4 is 0 Å². The van der Waals surface area contributed by atoms with E-state index in [9.17, 15) is 15.3 Å². The number of likely N-dealkylation sites (tertiary alicyclic amines) is 1. The van der Waals surface area contributed by atoms with Gasteiger partial charge in [-0.2, -0.15) is 0 Å². The van der Waals surface area contributed by atoms with Gasteiger partial charge in [0.1, 0.15) is 5.75 Å². The summed E-state index contributed by atoms with van der Waals surface area (Å²) in [5, 5.41) is 31.7. The molecule has 3 aliphatic carbocycles. The van der Waals surface area contributed by atoms with Crippen LogP contribution in [0.1, 0.15) is 56.1 Å². The lowest BCUT2D eigenvalue weighted by atomic mass is 9.49. The second-order valence-corrected chi connectivity index (χ2v) is 9.01. The first-order valence-electron chi connectivity index (χ1n) is 9.99. The molecule has 5 rings (SSSR count). The van der Waals surface area contributed by atoms with E-state index < -0.39 is 5.60 Å². The predicted molar refractivity (Wildman–Crippen MR) is 95.6 cm³/mol. The van der Waals surface area contributed by atoms with E-state index in [0.717, 1.165) is 58.0 Å². The van der Waals surface area contributed by atoms with E-state index in [2.05, 4.69) is 11.0 Å². The summed E-state index contributed by atoms with van der Waals surface area (Å²) in [4.78, 5) is 2.52. The summed E-state index contributed by atoms with van der Waals surface area (Å²) in [5.74, 6) is 0.904. The number of fused-ring (bicyclic) bond motifs is 1. The van der Waals surface area contributed by atoms with E-state index >= 15 is 0 Å². The van der Waals surface area contributed by atoms with Crippen molar-refractivity contribution < 1.29 is 15.3 Å². The van der Waals surface area contributed by atoms with Gasteiger partial charge in [0.05, 0.1) is 11.7 Å². The Morgan fingerprint density at radius 3 is 2.72 bits per heavy atom. The normalized spacial score (nSPS) is 43.0. The topological polar surface area (TPSA) is 63.9 Å². The third-order valence-electron chi connectivity index (χ3n) is 7.78. The van der Waals surface area contributed by atoms with E-state index in [1.165, 1.54) is 17.5 Å². The first-order valence-corrected chi connectivity index (χ1v) is 9.99. The lowest BCUT2D eigenvalue weighted by molar-refractivity contribution is -0.171. The van der Waals surface area contributed by atoms with Crippen LogP contribution in [-0.2, 0) is 11.8 Å². The number of aliphatic hydroxyl groups excluding tert-OH is 1. The number of piperidine rings is 1. The summed E-state index contributed by atoms with van der Waals surface area (Å²) in [6.45, 7) is 2.03. The highest BCUT2D eigenvalue weighted by Gasteiger charge is 2.63. The van der Waals surface area contributed by atoms with Crippen molar-refractivity contribution in [2.75, 3.05) is 13.1 Å². The first kappa shape index (κ1) is 16.1. The zero-order valence-electron chi connectivity index (χ0n) is 14.8. The Labute approximate surface area is 149 Å². The smallest absolute Gasteiger partial charge is 0.115 e. The number of aromatic hydroxyl groups is 1. The summed E-state index contributed by atoms with van der Waals surface area (Å²) in [6.07, 6.45) is 7.74. The molecule has 4 nitrogen and oxygen atoms in total. The first-order chi connectivity index (χ1) is 12.0. The molecule has 3 N–H and O–H groups in total. The van der Waals surface area contributed by atoms with Gasteiger partial charge in [-0.15, -0.1) is 0 Å². The molecule has 0 aromatic heterocycles. The van der Waals surface area contributed by atoms with E-state index in [4.69, 9.17) is 0 Å². The minimum atomic E-state index is -0.674. The largest absolute Gasteiger partial charge is 0.508 e. The van der Waals surface area contributed by atoms with Gasteiger partial charge >= 0.3 is 0 Å². The van der Waals surface area contributed by atoms with Gasteiger partial charge in [-0.3, -0.25) is 4.90 Å². The molecule has 0 amide bonds. The van der Waals surface area contributed by atoms with E-state index in [1.807, 2.05) is 6.07 Å². The van der Waals surface area contributed by atoms with Crippen molar-refractivity contribution >= 4 is 0 Å². The van der Waals surface area contributed by atoms with E-state index in [0.29, 0.717) is 11.7 Å². The Balaban J connectivity index is 1.54. The molecule has 2 bridgehead atoms. The summed E-state index contributed by atoms with van der Waals surface area (Å²) in [6, 6.07) is 5.98. The standard InChI is InChI=1S/C21H29NO3/c23-16-4-3-15-11-19-21(25)6-2-1-5-20(21,18(15)12-16)7-8-22(19)13-14-9-17(24)10-14/h3-4,12,14,17,19,23-25H,1-2,5-11,13H2. The van der Waals surface area contributed by atoms with Crippen LogP contribution >= 0.6 is 0 Å². The minimum Gasteiger partial charge on any atom is -0.508 e. The molecule has 0 spiro atoms. The highest BCUT2D eigenvalue weighted by molar-refractivity contribution is 5.48. The summed E-state index contributed by atoms with van der Waals surface area (Å²) < 4.78 is 0. The molecule has 25 heavy (non-hydrogen) atoms. The highest BCUT2D eigenvalue weighted by Crippen LogP contribution is 2.58. The van der Waals surface area contributed by atoms with Crippen LogP contribution in [-0.4, -0.2) is 51.1 Å². The van der Waals surface area contributed by atoms with Crippen molar-refractivity contribution in [1.29, 1.82) is 0 Å². The molecular formula is C21H29NO3. The van der Waals surface area contributed by atoms with Crippen molar-refractivity contribution in [3.05, 3.63) is 29.3 Å². The van der Waals surface area contributed by atoms with Crippen LogP contribution in [0.3, 0.4) is 0 Å². The second-order valence-electron chi connectivity index (χ2n) is 9.01. The number of hydrogen-bond acceptors (Lipinski definition) is 4. The van der Waals surface area contributed by atoms with Gasteiger partial charge in [-0.25, -0.2) is 0 Å². The molecule has 3 atom stereocenters. The molecule has 1 saturated heterocycles. The van der Waals surface area contributed by atoms with E-state index in [-0.39, 0.29) is 17.6 Å². The van der Waals surface area contributed by atoms with Crippen LogP contribution in [0.5, 0.6) is 5.75 Å². The number of phenolic OH excluding ortho intramolecular Hbond substituents is 1. The lowest BCUT2D eigenvalue weighted by Crippen LogP contribution is -2.72. The Hall–Kier alpha value is -1.10. The molecule has 2 saturated carbocycles. The summed E-state index contributed by atoms with van der Waals surface area (Å²) in [5.41, 5.74) is 1.67. The SMILES string of the molecule is Oc1ccc2c(c1)C13CCCCC1(O)C(C2)N(CC1CC(O)C1)CC3. The molecule has 3 unspecified atom stereocenters. The molecule has 4 aliphatic rings. The fourth-order valence-electron chi connectivity index (χ4n) is 6.49. The maximum atomic E-state index is 12.0. The second kappa shape index (κ2) is 5.45. The van der Waals surface area contributed by atoms with Gasteiger partial charge in [0.15, 0.2) is 0 Å². The zero-order valence-corrected chi connectivity index (χ0v) is 14.8. The quantitative estimate of drug-likeness (QED) is 0.771. The van der Waals surface area contributed by atoms with Gasteiger partial charge in [0.25, 0.3) is 0 Å². The van der Waals surface area contributed by atoms with Crippen molar-refractivity contribution in [1.82, 2.24) is 4.90 Å². The fraction of sp³-hybridized carbons (Fsp3) is 0.714. The third kappa shape index (κ3) is 2.17. The molecule has 1 heterocycles. The molecule has 3 fully saturated rings. The predicted octanol–water partition coefficient (Wildman–Crippen LogP) is 2.34. The molecule has 1 aromatic carbocycles. The van der Waals surface area contributed by atoms with Gasteiger partial charge < -0.3 is 15.3 Å². The fourth-order valence-corrected chi connectivity index (χ4v) is 6.49. The molecule has 136 valence electrons. The van der Waals surface area contributed by atoms with Crippen molar-refractivity contribution in [2.45, 2.75) is 74.5 Å². The Kier molecular flexibility index (Phi) is 3.51. The van der Waals surface area contributed by atoms with Crippen molar-refractivity contribution in [3.63, 3.8) is 0 Å². The number of benzene rings is 1. The zero-order chi connectivity index (χ0) is 17.2. The van der Waals surface area contributed by atoms with Gasteiger partial charge in [-0.05, 0) is 74.2 Å². The Bertz CT molecular complexity index is 686. The van der Waals surface area contributed by atoms with Gasteiger partial charge in [0.2, 0.25) is 0 Å². The lowest BCUT2D eigenvalue weighted by Gasteiger charge is -2.64. The third-order valence-corrected chi connectivity index (χ3v) is 7.78. The molecule has 0 radical (unpaired) electrons. The number of phenols is 1. The monoisotopic (exact) mass is 343 g/mol. The van der Waals surface area contributed by atoms with Crippen LogP contribution in [0, 0.1) is 5.92 Å². The van der Waals surface area contributed by atoms with Gasteiger partial charge in [0, 0.05) is 18.0 Å². The molecule has 4 heteroatoms. The molecule has 1 aromatic rings. The van der Waals surface area contributed by atoms with Crippen LogP contribution in [0.2, 0.25) is 0 Å². The average molecular weight is 343 g/mol. The van der Waals surface area contributed by atoms with Crippen molar-refractivity contribution in [3.8, 4) is 5.75 Å². The number of rotatable bonds is 2. The maximum Gasteiger partial charge on any atom is 0.115 e. The van der Waals surface area contributed by atoms with Crippen molar-refractivity contribution in [2.24, 2.45) is 5.92 Å². The Morgan fingerprint density at radius 1 is 1.12 bits per heavy atom. The Morgan fingerprint density at radius 2 is 1.92 bits per heavy atom. The maximum absolute atomic E-state index is 12.0. The number of nitrogens with zero attached hydrogens (tertiary/aromatic N) is 1. The number of hydrogen-bond donors (Lipinski definition) is 3. The molecular weight excluding hydrogens is 314 g/mol. The molecule has 1 aliphatic heterocycles. The van der Waals surface area contributed by atoms with E-state index in [1.54, 1.807) is 6.07 Å². The van der Waals surface area contributed by atoms with Crippen LogP contribution in [0.15, 0.2) is 18.2 Å². The summed E-state index contributed by atoms with van der Waals surface area (Å²) in [7, 11) is 0. The highest BCUT2D eigenvalue weighted by atomic mass is 16.3. The van der Waals surface area contributed by atoms with Crippen LogP contribution in [0.25, 0.3) is 0 Å². The van der Waals surface area contributed by atoms with Gasteiger partial charge in [-0.1, -0.05) is 18.9 Å².